The molecule has 3 aromatic rings. The second-order valence-electron chi connectivity index (χ2n) is 6.50. The van der Waals surface area contributed by atoms with Gasteiger partial charge in [0.05, 0.1) is 18.5 Å². The summed E-state index contributed by atoms with van der Waals surface area (Å²) in [6.45, 7) is 3.17. The van der Waals surface area contributed by atoms with E-state index in [9.17, 15) is 4.79 Å². The second kappa shape index (κ2) is 9.19. The lowest BCUT2D eigenvalue weighted by atomic mass is 10.1. The highest BCUT2D eigenvalue weighted by Crippen LogP contribution is 2.24. The van der Waals surface area contributed by atoms with Crippen LogP contribution in [0.2, 0.25) is 0 Å². The number of carbonyl (C=O) groups excluding carboxylic acids is 1. The molecule has 0 aliphatic carbocycles. The molecular weight excluding hydrogens is 354 g/mol. The van der Waals surface area contributed by atoms with Gasteiger partial charge in [-0.2, -0.15) is 5.10 Å². The molecule has 0 fully saturated rings. The fraction of sp³-hybridized carbons (Fsp3) is 0.273. The molecule has 6 nitrogen and oxygen atoms in total. The highest BCUT2D eigenvalue weighted by atomic mass is 16.5. The molecule has 0 saturated carbocycles. The van der Waals surface area contributed by atoms with Gasteiger partial charge in [0.25, 0.3) is 5.91 Å². The minimum atomic E-state index is -0.162. The summed E-state index contributed by atoms with van der Waals surface area (Å²) in [5.41, 5.74) is 4.09. The molecule has 1 amide bonds. The Hall–Kier alpha value is -3.12. The Labute approximate surface area is 165 Å². The van der Waals surface area contributed by atoms with Gasteiger partial charge in [0, 0.05) is 25.8 Å². The first kappa shape index (κ1) is 19.6. The number of nitrogens with one attached hydrogen (secondary N) is 1. The van der Waals surface area contributed by atoms with Crippen LogP contribution in [-0.4, -0.2) is 43.1 Å². The van der Waals surface area contributed by atoms with Crippen LogP contribution in [0.25, 0.3) is 16.9 Å². The number of methoxy groups -OCH3 is 2. The number of hydrogen-bond donors (Lipinski definition) is 1. The number of carbonyl (C=O) groups is 1. The molecule has 2 aromatic carbocycles. The first-order chi connectivity index (χ1) is 13.6. The van der Waals surface area contributed by atoms with E-state index in [-0.39, 0.29) is 5.91 Å². The molecule has 0 radical (unpaired) electrons. The van der Waals surface area contributed by atoms with Crippen LogP contribution < -0.4 is 10.1 Å². The Bertz CT molecular complexity index is 932. The molecule has 0 aliphatic heterocycles. The number of ether oxygens (including phenoxy) is 2. The average molecular weight is 379 g/mol. The van der Waals surface area contributed by atoms with Gasteiger partial charge in [-0.1, -0.05) is 12.1 Å². The molecule has 1 N–H and O–H groups in total. The topological polar surface area (TPSA) is 65.4 Å². The van der Waals surface area contributed by atoms with Crippen LogP contribution in [0.1, 0.15) is 22.5 Å². The molecule has 1 heterocycles. The Kier molecular flexibility index (Phi) is 6.45. The van der Waals surface area contributed by atoms with E-state index in [1.54, 1.807) is 18.9 Å². The third kappa shape index (κ3) is 4.58. The minimum absolute atomic E-state index is 0.162. The van der Waals surface area contributed by atoms with Gasteiger partial charge in [0.1, 0.15) is 11.4 Å². The van der Waals surface area contributed by atoms with Gasteiger partial charge < -0.3 is 14.8 Å². The van der Waals surface area contributed by atoms with Crippen LogP contribution in [0.15, 0.2) is 54.6 Å². The molecule has 6 heteroatoms. The Morgan fingerprint density at radius 1 is 1.11 bits per heavy atom. The molecule has 0 atom stereocenters. The van der Waals surface area contributed by atoms with Crippen molar-refractivity contribution in [2.24, 2.45) is 0 Å². The van der Waals surface area contributed by atoms with Crippen molar-refractivity contribution < 1.29 is 14.3 Å². The van der Waals surface area contributed by atoms with Gasteiger partial charge in [-0.3, -0.25) is 4.79 Å². The number of amides is 1. The zero-order chi connectivity index (χ0) is 19.9. The summed E-state index contributed by atoms with van der Waals surface area (Å²) in [5.74, 6) is 0.614. The van der Waals surface area contributed by atoms with Crippen molar-refractivity contribution in [1.29, 1.82) is 0 Å². The second-order valence-corrected chi connectivity index (χ2v) is 6.50. The lowest BCUT2D eigenvalue weighted by Crippen LogP contribution is -2.27. The van der Waals surface area contributed by atoms with Gasteiger partial charge in [-0.15, -0.1) is 0 Å². The van der Waals surface area contributed by atoms with Crippen LogP contribution in [0.3, 0.4) is 0 Å². The first-order valence-electron chi connectivity index (χ1n) is 9.21. The van der Waals surface area contributed by atoms with Crippen molar-refractivity contribution in [3.8, 4) is 22.7 Å². The Balaban J connectivity index is 1.95. The van der Waals surface area contributed by atoms with E-state index in [1.165, 1.54) is 0 Å². The summed E-state index contributed by atoms with van der Waals surface area (Å²) >= 11 is 0. The van der Waals surface area contributed by atoms with Crippen LogP contribution in [0.4, 0.5) is 0 Å². The zero-order valence-corrected chi connectivity index (χ0v) is 16.4. The van der Waals surface area contributed by atoms with Gasteiger partial charge in [0.15, 0.2) is 0 Å². The van der Waals surface area contributed by atoms with Crippen molar-refractivity contribution in [2.45, 2.75) is 13.3 Å². The summed E-state index contributed by atoms with van der Waals surface area (Å²) in [5, 5.41) is 7.64. The van der Waals surface area contributed by atoms with Crippen molar-refractivity contribution >= 4 is 5.91 Å². The number of hydrogen-bond acceptors (Lipinski definition) is 4. The van der Waals surface area contributed by atoms with E-state index in [1.807, 2.05) is 61.5 Å². The Morgan fingerprint density at radius 3 is 2.57 bits per heavy atom. The number of aryl methyl sites for hydroxylation is 1. The smallest absolute Gasteiger partial charge is 0.270 e. The highest BCUT2D eigenvalue weighted by molar-refractivity contribution is 5.94. The van der Waals surface area contributed by atoms with Crippen LogP contribution >= 0.6 is 0 Å². The molecule has 0 unspecified atom stereocenters. The van der Waals surface area contributed by atoms with E-state index in [4.69, 9.17) is 14.6 Å². The minimum Gasteiger partial charge on any atom is -0.497 e. The fourth-order valence-corrected chi connectivity index (χ4v) is 2.91. The normalized spacial score (nSPS) is 10.7. The highest BCUT2D eigenvalue weighted by Gasteiger charge is 2.17. The third-order valence-corrected chi connectivity index (χ3v) is 4.38. The van der Waals surface area contributed by atoms with Crippen molar-refractivity contribution in [3.05, 3.63) is 65.9 Å². The van der Waals surface area contributed by atoms with E-state index in [2.05, 4.69) is 5.32 Å². The van der Waals surface area contributed by atoms with Crippen LogP contribution in [0, 0.1) is 6.92 Å². The fourth-order valence-electron chi connectivity index (χ4n) is 2.91. The van der Waals surface area contributed by atoms with Gasteiger partial charge in [0.2, 0.25) is 0 Å². The zero-order valence-electron chi connectivity index (χ0n) is 16.4. The maximum Gasteiger partial charge on any atom is 0.270 e. The van der Waals surface area contributed by atoms with Gasteiger partial charge in [-0.25, -0.2) is 4.68 Å². The average Bonchev–Trinajstić information content (AvgIpc) is 3.17. The molecule has 146 valence electrons. The molecular formula is C22H25N3O3. The predicted molar refractivity (Wildman–Crippen MR) is 109 cm³/mol. The summed E-state index contributed by atoms with van der Waals surface area (Å²) in [4.78, 5) is 12.8. The SMILES string of the molecule is COCCCNC(=O)c1cc(-c2ccc(OC)cc2)nn1-c1cccc(C)c1. The standard InChI is InChI=1S/C22H25N3O3/c1-16-6-4-7-18(14-16)25-21(22(26)23-12-5-13-27-2)15-20(24-25)17-8-10-19(28-3)11-9-17/h4,6-11,14-15H,5,12-13H2,1-3H3,(H,23,26). The summed E-state index contributed by atoms with van der Waals surface area (Å²) in [6, 6.07) is 17.4. The van der Waals surface area contributed by atoms with E-state index < -0.39 is 0 Å². The molecule has 0 spiro atoms. The van der Waals surface area contributed by atoms with E-state index >= 15 is 0 Å². The largest absolute Gasteiger partial charge is 0.497 e. The summed E-state index contributed by atoms with van der Waals surface area (Å²) in [6.07, 6.45) is 0.756. The molecule has 0 aliphatic rings. The van der Waals surface area contributed by atoms with Gasteiger partial charge in [-0.05, 0) is 61.4 Å². The molecule has 28 heavy (non-hydrogen) atoms. The number of aromatic nitrogens is 2. The molecule has 1 aromatic heterocycles. The monoisotopic (exact) mass is 379 g/mol. The third-order valence-electron chi connectivity index (χ3n) is 4.38. The van der Waals surface area contributed by atoms with Crippen LogP contribution in [0.5, 0.6) is 5.75 Å². The van der Waals surface area contributed by atoms with Crippen molar-refractivity contribution in [2.75, 3.05) is 27.4 Å². The molecule has 0 saturated heterocycles. The summed E-state index contributed by atoms with van der Waals surface area (Å²) in [7, 11) is 3.28. The molecule has 0 bridgehead atoms. The maximum atomic E-state index is 12.8. The van der Waals surface area contributed by atoms with E-state index in [0.29, 0.717) is 18.8 Å². The predicted octanol–water partition coefficient (Wildman–Crippen LogP) is 3.62. The number of nitrogens with zero attached hydrogens (tertiary/aromatic N) is 2. The van der Waals surface area contributed by atoms with E-state index in [0.717, 1.165) is 34.7 Å². The van der Waals surface area contributed by atoms with Gasteiger partial charge >= 0.3 is 0 Å². The summed E-state index contributed by atoms with van der Waals surface area (Å²) < 4.78 is 11.9. The van der Waals surface area contributed by atoms with Crippen molar-refractivity contribution in [3.63, 3.8) is 0 Å². The molecule has 3 rings (SSSR count). The lowest BCUT2D eigenvalue weighted by Gasteiger charge is -2.09. The number of benzene rings is 2. The van der Waals surface area contributed by atoms with Crippen LogP contribution in [-0.2, 0) is 4.74 Å². The Morgan fingerprint density at radius 2 is 1.89 bits per heavy atom. The maximum absolute atomic E-state index is 12.8. The number of rotatable bonds is 8. The van der Waals surface area contributed by atoms with Crippen molar-refractivity contribution in [1.82, 2.24) is 15.1 Å². The first-order valence-corrected chi connectivity index (χ1v) is 9.21. The quantitative estimate of drug-likeness (QED) is 0.607. The lowest BCUT2D eigenvalue weighted by molar-refractivity contribution is 0.0941.